The quantitative estimate of drug-likeness (QED) is 0.726. The van der Waals surface area contributed by atoms with Gasteiger partial charge in [-0.2, -0.15) is 0 Å². The molecule has 7 nitrogen and oxygen atoms in total. The molecule has 2 fully saturated rings. The van der Waals surface area contributed by atoms with Gasteiger partial charge in [-0.25, -0.2) is 9.59 Å². The number of carboxylic acid groups (broad SMARTS) is 1. The first kappa shape index (κ1) is 18.0. The van der Waals surface area contributed by atoms with Crippen LogP contribution < -0.4 is 0 Å². The second-order valence-electron chi connectivity index (χ2n) is 7.11. The fraction of sp³-hybridized carbons (Fsp3) is 0.800. The number of hydrogen-bond donors (Lipinski definition) is 1. The van der Waals surface area contributed by atoms with Crippen molar-refractivity contribution in [1.29, 1.82) is 0 Å². The minimum absolute atomic E-state index is 0.0184. The standard InChI is InChI=1S/C15H23BrN2O5/c1-14(2,3)23-13(22)17-6-4-15(5-7-17,12(20)21)18-9-10(16)8-11(18)19/h10H,4-9H2,1-3H3,(H,20,21). The molecule has 23 heavy (non-hydrogen) atoms. The molecule has 0 bridgehead atoms. The Hall–Kier alpha value is -1.31. The summed E-state index contributed by atoms with van der Waals surface area (Å²) in [6.07, 6.45) is 0.299. The van der Waals surface area contributed by atoms with Crippen LogP contribution in [0.3, 0.4) is 0 Å². The second kappa shape index (κ2) is 6.30. The number of carbonyl (C=O) groups excluding carboxylic acids is 2. The first-order chi connectivity index (χ1) is 10.5. The van der Waals surface area contributed by atoms with Gasteiger partial charge < -0.3 is 19.6 Å². The number of alkyl halides is 1. The first-order valence-corrected chi connectivity index (χ1v) is 8.62. The molecule has 2 saturated heterocycles. The smallest absolute Gasteiger partial charge is 0.410 e. The van der Waals surface area contributed by atoms with Crippen molar-refractivity contribution in [3.8, 4) is 0 Å². The van der Waals surface area contributed by atoms with Crippen molar-refractivity contribution in [3.05, 3.63) is 0 Å². The molecule has 2 rings (SSSR count). The molecule has 0 aromatic carbocycles. The van der Waals surface area contributed by atoms with Gasteiger partial charge in [-0.3, -0.25) is 4.79 Å². The average Bonchev–Trinajstić information content (AvgIpc) is 2.76. The maximum Gasteiger partial charge on any atom is 0.410 e. The normalized spacial score (nSPS) is 24.7. The van der Waals surface area contributed by atoms with Crippen molar-refractivity contribution in [1.82, 2.24) is 9.80 Å². The summed E-state index contributed by atoms with van der Waals surface area (Å²) in [5, 5.41) is 9.72. The van der Waals surface area contributed by atoms with E-state index in [1.165, 1.54) is 9.80 Å². The zero-order valence-corrected chi connectivity index (χ0v) is 15.3. The van der Waals surface area contributed by atoms with Crippen LogP contribution in [-0.4, -0.2) is 68.5 Å². The van der Waals surface area contributed by atoms with E-state index in [0.29, 0.717) is 13.0 Å². The van der Waals surface area contributed by atoms with Crippen LogP contribution >= 0.6 is 15.9 Å². The summed E-state index contributed by atoms with van der Waals surface area (Å²) in [5.74, 6) is -1.16. The van der Waals surface area contributed by atoms with Crippen molar-refractivity contribution in [2.45, 2.75) is 56.0 Å². The zero-order chi connectivity index (χ0) is 17.4. The second-order valence-corrected chi connectivity index (χ2v) is 8.40. The number of nitrogens with zero attached hydrogens (tertiary/aromatic N) is 2. The van der Waals surface area contributed by atoms with Crippen molar-refractivity contribution in [2.75, 3.05) is 19.6 Å². The number of piperidine rings is 1. The van der Waals surface area contributed by atoms with Gasteiger partial charge in [0.25, 0.3) is 0 Å². The van der Waals surface area contributed by atoms with Crippen molar-refractivity contribution in [3.63, 3.8) is 0 Å². The lowest BCUT2D eigenvalue weighted by atomic mass is 9.86. The summed E-state index contributed by atoms with van der Waals surface area (Å²) in [5.41, 5.74) is -1.81. The van der Waals surface area contributed by atoms with E-state index >= 15 is 0 Å². The van der Waals surface area contributed by atoms with E-state index in [1.807, 2.05) is 0 Å². The van der Waals surface area contributed by atoms with Gasteiger partial charge in [-0.1, -0.05) is 15.9 Å². The lowest BCUT2D eigenvalue weighted by Gasteiger charge is -2.44. The topological polar surface area (TPSA) is 87.2 Å². The third-order valence-electron chi connectivity index (χ3n) is 4.23. The molecule has 0 aliphatic carbocycles. The maximum absolute atomic E-state index is 12.1. The molecule has 0 saturated carbocycles. The molecule has 8 heteroatoms. The third-order valence-corrected chi connectivity index (χ3v) is 4.85. The Kier molecular flexibility index (Phi) is 4.94. The number of hydrogen-bond acceptors (Lipinski definition) is 4. The summed E-state index contributed by atoms with van der Waals surface area (Å²) in [6.45, 7) is 6.27. The Labute approximate surface area is 144 Å². The lowest BCUT2D eigenvalue weighted by Crippen LogP contribution is -2.61. The van der Waals surface area contributed by atoms with Crippen LogP contribution in [0.15, 0.2) is 0 Å². The summed E-state index contributed by atoms with van der Waals surface area (Å²) >= 11 is 3.39. The molecule has 0 radical (unpaired) electrons. The number of halogens is 1. The summed E-state index contributed by atoms with van der Waals surface area (Å²) < 4.78 is 5.32. The Morgan fingerprint density at radius 2 is 1.87 bits per heavy atom. The fourth-order valence-electron chi connectivity index (χ4n) is 3.06. The molecule has 0 spiro atoms. The van der Waals surface area contributed by atoms with Crippen molar-refractivity contribution >= 4 is 33.9 Å². The maximum atomic E-state index is 12.1. The molecular weight excluding hydrogens is 368 g/mol. The predicted molar refractivity (Wildman–Crippen MR) is 86.5 cm³/mol. The molecule has 1 atom stereocenters. The van der Waals surface area contributed by atoms with E-state index in [0.717, 1.165) is 0 Å². The van der Waals surface area contributed by atoms with Crippen LogP contribution in [0.2, 0.25) is 0 Å². The van der Waals surface area contributed by atoms with Crippen LogP contribution in [0.1, 0.15) is 40.0 Å². The molecule has 0 aromatic heterocycles. The largest absolute Gasteiger partial charge is 0.479 e. The Morgan fingerprint density at radius 1 is 1.30 bits per heavy atom. The van der Waals surface area contributed by atoms with Crippen molar-refractivity contribution in [2.24, 2.45) is 0 Å². The Bertz CT molecular complexity index is 508. The van der Waals surface area contributed by atoms with E-state index in [-0.39, 0.29) is 36.7 Å². The lowest BCUT2D eigenvalue weighted by molar-refractivity contribution is -0.160. The van der Waals surface area contributed by atoms with Gasteiger partial charge in [0.1, 0.15) is 11.1 Å². The molecule has 2 heterocycles. The fourth-order valence-corrected chi connectivity index (χ4v) is 3.63. The van der Waals surface area contributed by atoms with Gasteiger partial charge in [-0.05, 0) is 33.6 Å². The highest BCUT2D eigenvalue weighted by Gasteiger charge is 2.51. The van der Waals surface area contributed by atoms with Crippen LogP contribution in [-0.2, 0) is 14.3 Å². The highest BCUT2D eigenvalue weighted by Crippen LogP contribution is 2.35. The van der Waals surface area contributed by atoms with Crippen LogP contribution in [0.25, 0.3) is 0 Å². The van der Waals surface area contributed by atoms with Gasteiger partial charge in [0.15, 0.2) is 0 Å². The summed E-state index contributed by atoms with van der Waals surface area (Å²) in [4.78, 5) is 39.1. The SMILES string of the molecule is CC(C)(C)OC(=O)N1CCC(C(=O)O)(N2CC(Br)CC2=O)CC1. The van der Waals surface area contributed by atoms with Gasteiger partial charge in [0.2, 0.25) is 5.91 Å². The van der Waals surface area contributed by atoms with E-state index < -0.39 is 23.2 Å². The number of rotatable bonds is 2. The molecule has 2 aliphatic rings. The van der Waals surface area contributed by atoms with Gasteiger partial charge in [-0.15, -0.1) is 0 Å². The van der Waals surface area contributed by atoms with Gasteiger partial charge >= 0.3 is 12.1 Å². The van der Waals surface area contributed by atoms with Crippen LogP contribution in [0.4, 0.5) is 4.79 Å². The van der Waals surface area contributed by atoms with Crippen molar-refractivity contribution < 1.29 is 24.2 Å². The molecular formula is C15H23BrN2O5. The minimum Gasteiger partial charge on any atom is -0.479 e. The highest BCUT2D eigenvalue weighted by atomic mass is 79.9. The third kappa shape index (κ3) is 3.79. The molecule has 2 amide bonds. The number of likely N-dealkylation sites (tertiary alicyclic amines) is 2. The summed E-state index contributed by atoms with van der Waals surface area (Å²) in [6, 6.07) is 0. The number of ether oxygens (including phenoxy) is 1. The van der Waals surface area contributed by atoms with E-state index in [9.17, 15) is 19.5 Å². The number of aliphatic carboxylic acids is 1. The number of carbonyl (C=O) groups is 3. The molecule has 1 N–H and O–H groups in total. The average molecular weight is 391 g/mol. The summed E-state index contributed by atoms with van der Waals surface area (Å²) in [7, 11) is 0. The number of amides is 2. The van der Waals surface area contributed by atoms with Gasteiger partial charge in [0, 0.05) is 30.9 Å². The first-order valence-electron chi connectivity index (χ1n) is 7.71. The molecule has 1 unspecified atom stereocenters. The Morgan fingerprint density at radius 3 is 2.26 bits per heavy atom. The van der Waals surface area contributed by atoms with E-state index in [1.54, 1.807) is 20.8 Å². The number of carboxylic acids is 1. The van der Waals surface area contributed by atoms with E-state index in [2.05, 4.69) is 15.9 Å². The molecule has 0 aromatic rings. The predicted octanol–water partition coefficient (Wildman–Crippen LogP) is 1.84. The zero-order valence-electron chi connectivity index (χ0n) is 13.7. The van der Waals surface area contributed by atoms with Crippen LogP contribution in [0.5, 0.6) is 0 Å². The Balaban J connectivity index is 2.08. The molecule has 2 aliphatic heterocycles. The van der Waals surface area contributed by atoms with E-state index in [4.69, 9.17) is 4.74 Å². The monoisotopic (exact) mass is 390 g/mol. The van der Waals surface area contributed by atoms with Gasteiger partial charge in [0.05, 0.1) is 0 Å². The molecule has 130 valence electrons. The highest BCUT2D eigenvalue weighted by molar-refractivity contribution is 9.09. The minimum atomic E-state index is -1.22. The van der Waals surface area contributed by atoms with Crippen LogP contribution in [0, 0.1) is 0 Å².